The Bertz CT molecular complexity index is 446. The molecule has 5 nitrogen and oxygen atoms in total. The number of benzene rings is 1. The minimum atomic E-state index is -4.44. The van der Waals surface area contributed by atoms with E-state index in [1.54, 1.807) is 0 Å². The molecule has 1 aromatic rings. The second-order valence-corrected chi connectivity index (χ2v) is 3.25. The topological polar surface area (TPSA) is 77.1 Å². The monoisotopic (exact) mass is 264 g/mol. The van der Waals surface area contributed by atoms with Crippen LogP contribution in [0.3, 0.4) is 0 Å². The summed E-state index contributed by atoms with van der Waals surface area (Å²) in [6, 6.07) is 3.90. The van der Waals surface area contributed by atoms with Crippen molar-refractivity contribution in [2.45, 2.75) is 6.18 Å². The van der Waals surface area contributed by atoms with Gasteiger partial charge in [0.05, 0.1) is 7.11 Å². The number of amidine groups is 1. The summed E-state index contributed by atoms with van der Waals surface area (Å²) in [7, 11) is 1.27. The Hall–Kier alpha value is -2.12. The van der Waals surface area contributed by atoms with Gasteiger partial charge in [0.1, 0.15) is 0 Å². The minimum Gasteiger partial charge on any atom is -0.493 e. The minimum absolute atomic E-state index is 0.0587. The van der Waals surface area contributed by atoms with Gasteiger partial charge in [0.2, 0.25) is 0 Å². The highest BCUT2D eigenvalue weighted by molar-refractivity contribution is 5.97. The second-order valence-electron chi connectivity index (χ2n) is 3.25. The van der Waals surface area contributed by atoms with E-state index in [-0.39, 0.29) is 17.3 Å². The lowest BCUT2D eigenvalue weighted by Crippen LogP contribution is -2.19. The molecule has 100 valence electrons. The summed E-state index contributed by atoms with van der Waals surface area (Å²) in [5.74, 6) is -0.205. The lowest BCUT2D eigenvalue weighted by atomic mass is 10.2. The summed E-state index contributed by atoms with van der Waals surface area (Å²) < 4.78 is 45.4. The van der Waals surface area contributed by atoms with Crippen LogP contribution in [0.1, 0.15) is 5.56 Å². The van der Waals surface area contributed by atoms with Crippen molar-refractivity contribution < 1.29 is 27.9 Å². The summed E-state index contributed by atoms with van der Waals surface area (Å²) in [6.07, 6.45) is -4.44. The first-order valence-electron chi connectivity index (χ1n) is 4.73. The number of methoxy groups -OCH3 is 1. The Morgan fingerprint density at radius 2 is 2.06 bits per heavy atom. The molecule has 0 heterocycles. The van der Waals surface area contributed by atoms with E-state index in [9.17, 15) is 13.2 Å². The molecule has 0 aromatic heterocycles. The third kappa shape index (κ3) is 3.72. The van der Waals surface area contributed by atoms with Crippen molar-refractivity contribution in [2.75, 3.05) is 13.7 Å². The zero-order valence-electron chi connectivity index (χ0n) is 9.36. The molecule has 0 aliphatic carbocycles. The van der Waals surface area contributed by atoms with Gasteiger partial charge in [0.25, 0.3) is 0 Å². The first kappa shape index (κ1) is 13.9. The molecule has 0 atom stereocenters. The van der Waals surface area contributed by atoms with Crippen LogP contribution in [0.25, 0.3) is 0 Å². The number of hydrogen-bond acceptors (Lipinski definition) is 4. The normalized spacial score (nSPS) is 12.3. The van der Waals surface area contributed by atoms with Crippen LogP contribution >= 0.6 is 0 Å². The van der Waals surface area contributed by atoms with Crippen molar-refractivity contribution in [1.29, 1.82) is 0 Å². The molecule has 0 aliphatic rings. The van der Waals surface area contributed by atoms with Gasteiger partial charge in [-0.1, -0.05) is 5.16 Å². The molecule has 0 bridgehead atoms. The molecule has 18 heavy (non-hydrogen) atoms. The van der Waals surface area contributed by atoms with Crippen molar-refractivity contribution in [3.63, 3.8) is 0 Å². The average Bonchev–Trinajstić information content (AvgIpc) is 2.34. The van der Waals surface area contributed by atoms with E-state index >= 15 is 0 Å². The zero-order valence-corrected chi connectivity index (χ0v) is 9.36. The molecule has 0 saturated carbocycles. The molecule has 3 N–H and O–H groups in total. The highest BCUT2D eigenvalue weighted by Crippen LogP contribution is 2.29. The molecule has 0 spiro atoms. The number of rotatable bonds is 4. The standard InChI is InChI=1S/C10H11F3N2O3/c1-17-8-4-6(9(14)15-16)2-3-7(8)18-5-10(11,12)13/h2-4,16H,5H2,1H3,(H2,14,15). The third-order valence-electron chi connectivity index (χ3n) is 1.96. The van der Waals surface area contributed by atoms with E-state index in [1.807, 2.05) is 0 Å². The fourth-order valence-corrected chi connectivity index (χ4v) is 1.16. The third-order valence-corrected chi connectivity index (χ3v) is 1.96. The van der Waals surface area contributed by atoms with Crippen LogP contribution in [0, 0.1) is 0 Å². The summed E-state index contributed by atoms with van der Waals surface area (Å²) >= 11 is 0. The Morgan fingerprint density at radius 3 is 2.56 bits per heavy atom. The number of ether oxygens (including phenoxy) is 2. The summed E-state index contributed by atoms with van der Waals surface area (Å²) in [4.78, 5) is 0. The fourth-order valence-electron chi connectivity index (χ4n) is 1.16. The molecule has 0 unspecified atom stereocenters. The van der Waals surface area contributed by atoms with Crippen molar-refractivity contribution in [3.8, 4) is 11.5 Å². The first-order valence-corrected chi connectivity index (χ1v) is 4.73. The van der Waals surface area contributed by atoms with Crippen LogP contribution in [0.2, 0.25) is 0 Å². The van der Waals surface area contributed by atoms with Gasteiger partial charge in [-0.15, -0.1) is 0 Å². The maximum Gasteiger partial charge on any atom is 0.422 e. The van der Waals surface area contributed by atoms with E-state index in [0.717, 1.165) is 0 Å². The Balaban J connectivity index is 2.94. The maximum absolute atomic E-state index is 12.0. The Morgan fingerprint density at radius 1 is 1.39 bits per heavy atom. The average molecular weight is 264 g/mol. The number of alkyl halides is 3. The summed E-state index contributed by atoms with van der Waals surface area (Å²) in [6.45, 7) is -1.42. The van der Waals surface area contributed by atoms with E-state index in [2.05, 4.69) is 9.89 Å². The number of hydrogen-bond donors (Lipinski definition) is 2. The number of oxime groups is 1. The molecular formula is C10H11F3N2O3. The van der Waals surface area contributed by atoms with Crippen molar-refractivity contribution in [1.82, 2.24) is 0 Å². The largest absolute Gasteiger partial charge is 0.493 e. The molecule has 1 aromatic carbocycles. The predicted molar refractivity (Wildman–Crippen MR) is 57.1 cm³/mol. The van der Waals surface area contributed by atoms with Gasteiger partial charge in [-0.2, -0.15) is 13.2 Å². The van der Waals surface area contributed by atoms with Crippen LogP contribution in [0.4, 0.5) is 13.2 Å². The lowest BCUT2D eigenvalue weighted by molar-refractivity contribution is -0.153. The molecule has 0 radical (unpaired) electrons. The molecule has 0 fully saturated rings. The first-order chi connectivity index (χ1) is 8.37. The Labute approximate surface area is 101 Å². The highest BCUT2D eigenvalue weighted by Gasteiger charge is 2.29. The smallest absolute Gasteiger partial charge is 0.422 e. The fraction of sp³-hybridized carbons (Fsp3) is 0.300. The molecule has 0 saturated heterocycles. The van der Waals surface area contributed by atoms with Crippen molar-refractivity contribution in [2.24, 2.45) is 10.9 Å². The lowest BCUT2D eigenvalue weighted by Gasteiger charge is -2.13. The predicted octanol–water partition coefficient (Wildman–Crippen LogP) is 1.73. The number of nitrogens with two attached hydrogens (primary N) is 1. The van der Waals surface area contributed by atoms with Gasteiger partial charge >= 0.3 is 6.18 Å². The van der Waals surface area contributed by atoms with E-state index in [4.69, 9.17) is 15.7 Å². The number of halogens is 3. The highest BCUT2D eigenvalue weighted by atomic mass is 19.4. The van der Waals surface area contributed by atoms with Gasteiger partial charge in [0.15, 0.2) is 23.9 Å². The van der Waals surface area contributed by atoms with Gasteiger partial charge in [0, 0.05) is 5.56 Å². The number of nitrogens with zero attached hydrogens (tertiary/aromatic N) is 1. The second kappa shape index (κ2) is 5.48. The van der Waals surface area contributed by atoms with E-state index in [0.29, 0.717) is 5.56 Å². The SMILES string of the molecule is COc1cc(/C(N)=N/O)ccc1OCC(F)(F)F. The van der Waals surface area contributed by atoms with Gasteiger partial charge in [-0.05, 0) is 18.2 Å². The van der Waals surface area contributed by atoms with Gasteiger partial charge in [-0.3, -0.25) is 0 Å². The molecule has 0 amide bonds. The van der Waals surface area contributed by atoms with E-state index in [1.165, 1.54) is 25.3 Å². The van der Waals surface area contributed by atoms with Gasteiger partial charge < -0.3 is 20.4 Å². The van der Waals surface area contributed by atoms with Gasteiger partial charge in [-0.25, -0.2) is 0 Å². The summed E-state index contributed by atoms with van der Waals surface area (Å²) in [5.41, 5.74) is 5.63. The molecular weight excluding hydrogens is 253 g/mol. The van der Waals surface area contributed by atoms with Crippen LogP contribution in [0.15, 0.2) is 23.4 Å². The van der Waals surface area contributed by atoms with Crippen LogP contribution < -0.4 is 15.2 Å². The Kier molecular flexibility index (Phi) is 4.24. The zero-order chi connectivity index (χ0) is 13.8. The van der Waals surface area contributed by atoms with Crippen LogP contribution in [0.5, 0.6) is 11.5 Å². The molecule has 0 aliphatic heterocycles. The van der Waals surface area contributed by atoms with E-state index < -0.39 is 12.8 Å². The molecule has 8 heteroatoms. The quantitative estimate of drug-likeness (QED) is 0.376. The summed E-state index contributed by atoms with van der Waals surface area (Å²) in [5, 5.41) is 11.2. The van der Waals surface area contributed by atoms with Crippen LogP contribution in [-0.2, 0) is 0 Å². The van der Waals surface area contributed by atoms with Crippen molar-refractivity contribution >= 4 is 5.84 Å². The van der Waals surface area contributed by atoms with Crippen LogP contribution in [-0.4, -0.2) is 30.9 Å². The molecule has 1 rings (SSSR count). The maximum atomic E-state index is 12.0. The van der Waals surface area contributed by atoms with Crippen molar-refractivity contribution in [3.05, 3.63) is 23.8 Å².